The van der Waals surface area contributed by atoms with Gasteiger partial charge in [0.05, 0.1) is 13.2 Å². The fourth-order valence-electron chi connectivity index (χ4n) is 7.10. The molecule has 0 bridgehead atoms. The highest BCUT2D eigenvalue weighted by Crippen LogP contribution is 2.23. The molecule has 1 saturated heterocycles. The molecule has 0 aromatic rings. The molecule has 0 spiro atoms. The average molecular weight is 811 g/mol. The van der Waals surface area contributed by atoms with Crippen LogP contribution in [0.4, 0.5) is 0 Å². The summed E-state index contributed by atoms with van der Waals surface area (Å²) in [4.78, 5) is 25.3. The number of ether oxygens (including phenoxy) is 4. The number of esters is 2. The summed E-state index contributed by atoms with van der Waals surface area (Å²) in [7, 11) is 0. The van der Waals surface area contributed by atoms with Crippen molar-refractivity contribution in [1.29, 1.82) is 0 Å². The first-order valence-electron chi connectivity index (χ1n) is 23.4. The van der Waals surface area contributed by atoms with E-state index in [0.717, 1.165) is 57.8 Å². The van der Waals surface area contributed by atoms with Gasteiger partial charge in [-0.1, -0.05) is 173 Å². The molecule has 0 amide bonds. The van der Waals surface area contributed by atoms with Crippen LogP contribution in [0.5, 0.6) is 0 Å². The van der Waals surface area contributed by atoms with Gasteiger partial charge in [0.25, 0.3) is 0 Å². The second-order valence-electron chi connectivity index (χ2n) is 16.2. The molecule has 0 aromatic heterocycles. The van der Waals surface area contributed by atoms with Crippen LogP contribution in [0.3, 0.4) is 0 Å². The molecule has 334 valence electrons. The molecule has 1 fully saturated rings. The number of hydrogen-bond donors (Lipinski definition) is 4. The lowest BCUT2D eigenvalue weighted by Gasteiger charge is -2.39. The van der Waals surface area contributed by atoms with Gasteiger partial charge in [-0.05, 0) is 44.9 Å². The number of aliphatic hydroxyl groups is 4. The summed E-state index contributed by atoms with van der Waals surface area (Å²) in [6, 6.07) is 0. The predicted molar refractivity (Wildman–Crippen MR) is 229 cm³/mol. The molecule has 0 unspecified atom stereocenters. The van der Waals surface area contributed by atoms with Gasteiger partial charge >= 0.3 is 11.9 Å². The summed E-state index contributed by atoms with van der Waals surface area (Å²) < 4.78 is 22.2. The first-order valence-corrected chi connectivity index (χ1v) is 23.4. The molecule has 10 heteroatoms. The van der Waals surface area contributed by atoms with E-state index in [0.29, 0.717) is 6.42 Å². The third-order valence-corrected chi connectivity index (χ3v) is 10.8. The van der Waals surface area contributed by atoms with Gasteiger partial charge in [-0.25, -0.2) is 0 Å². The Bertz CT molecular complexity index is 985. The smallest absolute Gasteiger partial charge is 0.306 e. The van der Waals surface area contributed by atoms with E-state index >= 15 is 0 Å². The van der Waals surface area contributed by atoms with Gasteiger partial charge in [0.1, 0.15) is 31.0 Å². The fourth-order valence-corrected chi connectivity index (χ4v) is 7.10. The van der Waals surface area contributed by atoms with E-state index in [9.17, 15) is 30.0 Å². The molecule has 0 saturated carbocycles. The van der Waals surface area contributed by atoms with Crippen molar-refractivity contribution in [3.63, 3.8) is 0 Å². The van der Waals surface area contributed by atoms with Gasteiger partial charge in [-0.15, -0.1) is 0 Å². The number of rotatable bonds is 39. The second kappa shape index (κ2) is 38.4. The molecule has 10 nitrogen and oxygen atoms in total. The van der Waals surface area contributed by atoms with Crippen LogP contribution >= 0.6 is 0 Å². The molecule has 1 rings (SSSR count). The molecule has 1 heterocycles. The number of unbranched alkanes of at least 4 members (excludes halogenated alkanes) is 24. The van der Waals surface area contributed by atoms with Crippen molar-refractivity contribution in [3.8, 4) is 0 Å². The number of carbonyl (C=O) groups excluding carboxylic acids is 2. The Labute approximate surface area is 347 Å². The SMILES string of the molecule is CCCCC/C=C\C/C=C\CCCCCCCC(=O)O[C@H](COC(=O)CCCCCCCCCCCCCCCCCCC)CO[C@@H]1O[C@H](CO)[C@H](O)[C@H](O)[C@H]1O. The van der Waals surface area contributed by atoms with E-state index in [1.807, 2.05) is 0 Å². The highest BCUT2D eigenvalue weighted by molar-refractivity contribution is 5.70. The monoisotopic (exact) mass is 811 g/mol. The van der Waals surface area contributed by atoms with Gasteiger partial charge in [0.2, 0.25) is 0 Å². The minimum absolute atomic E-state index is 0.217. The van der Waals surface area contributed by atoms with Crippen LogP contribution in [-0.4, -0.2) is 89.0 Å². The maximum Gasteiger partial charge on any atom is 0.306 e. The standard InChI is InChI=1S/C47H86O10/c1-3-5-7-9-11-13-15-17-19-20-22-23-25-27-29-31-33-35-42(49)54-38-40(39-55-47-46(53)45(52)44(51)41(37-48)57-47)56-43(50)36-34-32-30-28-26-24-21-18-16-14-12-10-8-6-4-2/h12,14,18,21,40-41,44-48,51-53H,3-11,13,15-17,19-20,22-39H2,1-2H3/b14-12-,21-18-/t40-,41-,44+,45+,46-,47-/m1/s1. The van der Waals surface area contributed by atoms with Crippen molar-refractivity contribution < 1.29 is 49.0 Å². The summed E-state index contributed by atoms with van der Waals surface area (Å²) in [5, 5.41) is 40.1. The van der Waals surface area contributed by atoms with Crippen molar-refractivity contribution in [1.82, 2.24) is 0 Å². The second-order valence-corrected chi connectivity index (χ2v) is 16.2. The van der Waals surface area contributed by atoms with E-state index in [1.165, 1.54) is 116 Å². The summed E-state index contributed by atoms with van der Waals surface area (Å²) in [5.41, 5.74) is 0. The summed E-state index contributed by atoms with van der Waals surface area (Å²) in [6.07, 6.45) is 34.6. The molecule has 0 aliphatic carbocycles. The Hall–Kier alpha value is -1.82. The van der Waals surface area contributed by atoms with Crippen molar-refractivity contribution in [2.75, 3.05) is 19.8 Å². The molecule has 57 heavy (non-hydrogen) atoms. The summed E-state index contributed by atoms with van der Waals surface area (Å²) in [5.74, 6) is -0.814. The summed E-state index contributed by atoms with van der Waals surface area (Å²) >= 11 is 0. The van der Waals surface area contributed by atoms with Gasteiger partial charge in [-0.2, -0.15) is 0 Å². The van der Waals surface area contributed by atoms with E-state index in [4.69, 9.17) is 18.9 Å². The molecule has 0 radical (unpaired) electrons. The maximum atomic E-state index is 12.8. The minimum Gasteiger partial charge on any atom is -0.462 e. The van der Waals surface area contributed by atoms with E-state index < -0.39 is 49.4 Å². The Balaban J connectivity index is 2.31. The minimum atomic E-state index is -1.59. The highest BCUT2D eigenvalue weighted by Gasteiger charge is 2.44. The maximum absolute atomic E-state index is 12.8. The van der Waals surface area contributed by atoms with E-state index in [-0.39, 0.29) is 32.0 Å². The normalized spacial score (nSPS) is 20.4. The molecular formula is C47H86O10. The Morgan fingerprint density at radius 1 is 0.544 bits per heavy atom. The lowest BCUT2D eigenvalue weighted by molar-refractivity contribution is -0.305. The highest BCUT2D eigenvalue weighted by atomic mass is 16.7. The lowest BCUT2D eigenvalue weighted by Crippen LogP contribution is -2.59. The Kier molecular flexibility index (Phi) is 35.8. The van der Waals surface area contributed by atoms with Crippen LogP contribution in [-0.2, 0) is 28.5 Å². The van der Waals surface area contributed by atoms with Crippen molar-refractivity contribution in [2.24, 2.45) is 0 Å². The van der Waals surface area contributed by atoms with Gasteiger partial charge in [0, 0.05) is 12.8 Å². The molecule has 6 atom stereocenters. The lowest BCUT2D eigenvalue weighted by atomic mass is 9.99. The average Bonchev–Trinajstić information content (AvgIpc) is 3.21. The van der Waals surface area contributed by atoms with Crippen molar-refractivity contribution in [2.45, 2.75) is 243 Å². The van der Waals surface area contributed by atoms with Crippen LogP contribution in [0.1, 0.15) is 206 Å². The number of aliphatic hydroxyl groups excluding tert-OH is 4. The van der Waals surface area contributed by atoms with Crippen molar-refractivity contribution >= 4 is 11.9 Å². The first-order chi connectivity index (χ1) is 27.8. The Morgan fingerprint density at radius 3 is 1.49 bits per heavy atom. The van der Waals surface area contributed by atoms with Crippen molar-refractivity contribution in [3.05, 3.63) is 24.3 Å². The van der Waals surface area contributed by atoms with Crippen LogP contribution in [0.2, 0.25) is 0 Å². The number of allylic oxidation sites excluding steroid dienone is 4. The van der Waals surface area contributed by atoms with Crippen LogP contribution < -0.4 is 0 Å². The zero-order valence-electron chi connectivity index (χ0n) is 36.3. The number of hydrogen-bond acceptors (Lipinski definition) is 10. The Morgan fingerprint density at radius 2 is 0.982 bits per heavy atom. The zero-order chi connectivity index (χ0) is 41.6. The topological polar surface area (TPSA) is 152 Å². The quantitative estimate of drug-likeness (QED) is 0.0268. The zero-order valence-corrected chi connectivity index (χ0v) is 36.3. The molecule has 1 aliphatic heterocycles. The van der Waals surface area contributed by atoms with E-state index in [1.54, 1.807) is 0 Å². The largest absolute Gasteiger partial charge is 0.462 e. The fraction of sp³-hybridized carbons (Fsp3) is 0.872. The molecule has 0 aromatic carbocycles. The van der Waals surface area contributed by atoms with Crippen LogP contribution in [0.15, 0.2) is 24.3 Å². The molecular weight excluding hydrogens is 725 g/mol. The molecule has 1 aliphatic rings. The molecule has 4 N–H and O–H groups in total. The summed E-state index contributed by atoms with van der Waals surface area (Å²) in [6.45, 7) is 3.40. The number of carbonyl (C=O) groups is 2. The van der Waals surface area contributed by atoms with Crippen LogP contribution in [0, 0.1) is 0 Å². The van der Waals surface area contributed by atoms with Crippen LogP contribution in [0.25, 0.3) is 0 Å². The van der Waals surface area contributed by atoms with Gasteiger partial charge < -0.3 is 39.4 Å². The van der Waals surface area contributed by atoms with Gasteiger partial charge in [0.15, 0.2) is 12.4 Å². The third-order valence-electron chi connectivity index (χ3n) is 10.8. The van der Waals surface area contributed by atoms with Gasteiger partial charge in [-0.3, -0.25) is 9.59 Å². The first kappa shape index (κ1) is 53.2. The van der Waals surface area contributed by atoms with E-state index in [2.05, 4.69) is 38.2 Å². The third kappa shape index (κ3) is 30.0. The predicted octanol–water partition coefficient (Wildman–Crippen LogP) is 10.1.